The monoisotopic (exact) mass is 290 g/mol. The third-order valence-corrected chi connectivity index (χ3v) is 5.39. The first-order valence-electron chi connectivity index (χ1n) is 8.28. The van der Waals surface area contributed by atoms with Crippen LogP contribution in [-0.2, 0) is 6.42 Å². The van der Waals surface area contributed by atoms with Crippen molar-refractivity contribution < 1.29 is 4.39 Å². The van der Waals surface area contributed by atoms with Crippen LogP contribution in [0.1, 0.15) is 38.2 Å². The molecule has 2 aliphatic carbocycles. The Hall–Kier alpha value is -1.09. The van der Waals surface area contributed by atoms with Gasteiger partial charge in [-0.2, -0.15) is 0 Å². The predicted molar refractivity (Wildman–Crippen MR) is 86.0 cm³/mol. The topological polar surface area (TPSA) is 29.3 Å². The summed E-state index contributed by atoms with van der Waals surface area (Å²) in [5.41, 5.74) is 8.10. The molecule has 2 saturated carbocycles. The zero-order valence-corrected chi connectivity index (χ0v) is 13.2. The first-order chi connectivity index (χ1) is 10.0. The molecule has 2 bridgehead atoms. The summed E-state index contributed by atoms with van der Waals surface area (Å²) in [4.78, 5) is 2.32. The molecule has 1 aromatic carbocycles. The summed E-state index contributed by atoms with van der Waals surface area (Å²) in [5.74, 6) is 2.56. The number of nitrogens with two attached hydrogens (primary N) is 1. The van der Waals surface area contributed by atoms with Crippen LogP contribution in [0.25, 0.3) is 0 Å². The number of benzene rings is 1. The van der Waals surface area contributed by atoms with Crippen molar-refractivity contribution >= 4 is 5.69 Å². The van der Waals surface area contributed by atoms with E-state index < -0.39 is 0 Å². The minimum atomic E-state index is -0.164. The van der Waals surface area contributed by atoms with Gasteiger partial charge in [0.1, 0.15) is 5.82 Å². The second-order valence-electron chi connectivity index (χ2n) is 7.27. The highest BCUT2D eigenvalue weighted by molar-refractivity contribution is 5.53. The molecule has 3 heteroatoms. The van der Waals surface area contributed by atoms with Crippen LogP contribution < -0.4 is 10.6 Å². The molecule has 0 radical (unpaired) electrons. The molecule has 0 spiro atoms. The summed E-state index contributed by atoms with van der Waals surface area (Å²) in [6.45, 7) is 3.07. The average molecular weight is 290 g/mol. The van der Waals surface area contributed by atoms with Crippen LogP contribution in [0.3, 0.4) is 0 Å². The molecule has 2 aliphatic rings. The Morgan fingerprint density at radius 3 is 2.76 bits per heavy atom. The van der Waals surface area contributed by atoms with Gasteiger partial charge in [-0.1, -0.05) is 6.42 Å². The lowest BCUT2D eigenvalue weighted by Gasteiger charge is -2.30. The van der Waals surface area contributed by atoms with E-state index in [0.717, 1.165) is 42.0 Å². The Morgan fingerprint density at radius 2 is 2.14 bits per heavy atom. The van der Waals surface area contributed by atoms with Crippen molar-refractivity contribution in [3.05, 3.63) is 29.6 Å². The molecule has 116 valence electrons. The standard InChI is InChI=1S/C18H27FN2/c1-12(20)7-15-10-17(19)5-6-18(15)21(2)11-16-9-13-3-4-14(16)8-13/h5-6,10,12-14,16H,3-4,7-9,11,20H2,1-2H3. The summed E-state index contributed by atoms with van der Waals surface area (Å²) in [6, 6.07) is 5.19. The van der Waals surface area contributed by atoms with Crippen LogP contribution in [0.2, 0.25) is 0 Å². The second kappa shape index (κ2) is 5.96. The van der Waals surface area contributed by atoms with Gasteiger partial charge in [0.2, 0.25) is 0 Å². The first kappa shape index (κ1) is 14.8. The van der Waals surface area contributed by atoms with Crippen molar-refractivity contribution in [3.63, 3.8) is 0 Å². The lowest BCUT2D eigenvalue weighted by Crippen LogP contribution is -2.30. The minimum Gasteiger partial charge on any atom is -0.374 e. The van der Waals surface area contributed by atoms with Crippen molar-refractivity contribution in [2.75, 3.05) is 18.5 Å². The molecule has 0 aliphatic heterocycles. The zero-order chi connectivity index (χ0) is 15.0. The summed E-state index contributed by atoms with van der Waals surface area (Å²) < 4.78 is 13.5. The maximum atomic E-state index is 13.5. The smallest absolute Gasteiger partial charge is 0.123 e. The maximum Gasteiger partial charge on any atom is 0.123 e. The van der Waals surface area contributed by atoms with Crippen LogP contribution in [0.4, 0.5) is 10.1 Å². The van der Waals surface area contributed by atoms with E-state index in [-0.39, 0.29) is 11.9 Å². The van der Waals surface area contributed by atoms with E-state index in [2.05, 4.69) is 11.9 Å². The Bertz CT molecular complexity index is 500. The molecule has 0 aromatic heterocycles. The van der Waals surface area contributed by atoms with Gasteiger partial charge in [-0.3, -0.25) is 0 Å². The molecule has 0 saturated heterocycles. The number of anilines is 1. The molecule has 1 aromatic rings. The second-order valence-corrected chi connectivity index (χ2v) is 7.27. The molecular weight excluding hydrogens is 263 g/mol. The van der Waals surface area contributed by atoms with Crippen molar-refractivity contribution in [3.8, 4) is 0 Å². The van der Waals surface area contributed by atoms with Crippen LogP contribution >= 0.6 is 0 Å². The number of hydrogen-bond acceptors (Lipinski definition) is 2. The molecule has 4 atom stereocenters. The van der Waals surface area contributed by atoms with Gasteiger partial charge in [0.25, 0.3) is 0 Å². The molecule has 2 N–H and O–H groups in total. The van der Waals surface area contributed by atoms with Gasteiger partial charge in [-0.15, -0.1) is 0 Å². The molecule has 0 amide bonds. The number of hydrogen-bond donors (Lipinski definition) is 1. The molecule has 0 heterocycles. The van der Waals surface area contributed by atoms with Crippen molar-refractivity contribution in [1.82, 2.24) is 0 Å². The number of nitrogens with zero attached hydrogens (tertiary/aromatic N) is 1. The molecule has 3 rings (SSSR count). The lowest BCUT2D eigenvalue weighted by atomic mass is 9.88. The van der Waals surface area contributed by atoms with E-state index in [4.69, 9.17) is 5.73 Å². The van der Waals surface area contributed by atoms with E-state index in [1.165, 1.54) is 25.7 Å². The van der Waals surface area contributed by atoms with Gasteiger partial charge in [-0.05, 0) is 74.1 Å². The van der Waals surface area contributed by atoms with Gasteiger partial charge >= 0.3 is 0 Å². The Labute approximate surface area is 127 Å². The van der Waals surface area contributed by atoms with Gasteiger partial charge in [0, 0.05) is 25.3 Å². The summed E-state index contributed by atoms with van der Waals surface area (Å²) in [7, 11) is 2.14. The van der Waals surface area contributed by atoms with Gasteiger partial charge < -0.3 is 10.6 Å². The largest absolute Gasteiger partial charge is 0.374 e. The molecular formula is C18H27FN2. The van der Waals surface area contributed by atoms with Gasteiger partial charge in [-0.25, -0.2) is 4.39 Å². The summed E-state index contributed by atoms with van der Waals surface area (Å²) in [6.07, 6.45) is 6.41. The fourth-order valence-electron chi connectivity index (χ4n) is 4.49. The van der Waals surface area contributed by atoms with Crippen molar-refractivity contribution in [1.29, 1.82) is 0 Å². The third-order valence-electron chi connectivity index (χ3n) is 5.39. The lowest BCUT2D eigenvalue weighted by molar-refractivity contribution is 0.337. The highest BCUT2D eigenvalue weighted by Crippen LogP contribution is 2.48. The molecule has 4 unspecified atom stereocenters. The van der Waals surface area contributed by atoms with Crippen molar-refractivity contribution in [2.45, 2.75) is 45.1 Å². The number of rotatable bonds is 5. The zero-order valence-electron chi connectivity index (χ0n) is 13.2. The van der Waals surface area contributed by atoms with Crippen molar-refractivity contribution in [2.24, 2.45) is 23.5 Å². The van der Waals surface area contributed by atoms with E-state index in [0.29, 0.717) is 0 Å². The van der Waals surface area contributed by atoms with E-state index in [1.807, 2.05) is 13.0 Å². The normalized spacial score (nSPS) is 28.9. The molecule has 2 nitrogen and oxygen atoms in total. The Morgan fingerprint density at radius 1 is 1.33 bits per heavy atom. The Kier molecular flexibility index (Phi) is 4.21. The highest BCUT2D eigenvalue weighted by Gasteiger charge is 2.39. The van der Waals surface area contributed by atoms with Crippen LogP contribution in [0, 0.1) is 23.6 Å². The molecule has 2 fully saturated rings. The predicted octanol–water partition coefficient (Wildman–Crippen LogP) is 3.59. The van der Waals surface area contributed by atoms with Crippen LogP contribution in [-0.4, -0.2) is 19.6 Å². The van der Waals surface area contributed by atoms with Crippen LogP contribution in [0.5, 0.6) is 0 Å². The summed E-state index contributed by atoms with van der Waals surface area (Å²) in [5, 5.41) is 0. The highest BCUT2D eigenvalue weighted by atomic mass is 19.1. The SMILES string of the molecule is CC(N)Cc1cc(F)ccc1N(C)CC1CC2CCC1C2. The van der Waals surface area contributed by atoms with Crippen LogP contribution in [0.15, 0.2) is 18.2 Å². The fourth-order valence-corrected chi connectivity index (χ4v) is 4.49. The molecule has 21 heavy (non-hydrogen) atoms. The van der Waals surface area contributed by atoms with E-state index in [9.17, 15) is 4.39 Å². The number of halogens is 1. The Balaban J connectivity index is 1.73. The maximum absolute atomic E-state index is 13.5. The summed E-state index contributed by atoms with van der Waals surface area (Å²) >= 11 is 0. The fraction of sp³-hybridized carbons (Fsp3) is 0.667. The first-order valence-corrected chi connectivity index (χ1v) is 8.28. The third kappa shape index (κ3) is 3.23. The van der Waals surface area contributed by atoms with Gasteiger partial charge in [0.15, 0.2) is 0 Å². The minimum absolute atomic E-state index is 0.0569. The van der Waals surface area contributed by atoms with Gasteiger partial charge in [0.05, 0.1) is 0 Å². The van der Waals surface area contributed by atoms with E-state index >= 15 is 0 Å². The average Bonchev–Trinajstić information content (AvgIpc) is 3.00. The van der Waals surface area contributed by atoms with E-state index in [1.54, 1.807) is 12.1 Å². The number of fused-ring (bicyclic) bond motifs is 2. The quantitative estimate of drug-likeness (QED) is 0.898.